The summed E-state index contributed by atoms with van der Waals surface area (Å²) < 4.78 is 0. The molecule has 2 rings (SSSR count). The molecule has 6 heteroatoms. The monoisotopic (exact) mass is 265 g/mol. The molecule has 5 nitrogen and oxygen atoms in total. The molecule has 0 saturated heterocycles. The Bertz CT molecular complexity index is 502. The largest absolute Gasteiger partial charge is 0.399 e. The Kier molecular flexibility index (Phi) is 3.58. The van der Waals surface area contributed by atoms with Gasteiger partial charge in [0.25, 0.3) is 0 Å². The molecule has 4 N–H and O–H groups in total. The summed E-state index contributed by atoms with van der Waals surface area (Å²) in [6.45, 7) is 1.74. The van der Waals surface area contributed by atoms with Crippen LogP contribution >= 0.6 is 11.8 Å². The minimum atomic E-state index is -0.276. The summed E-state index contributed by atoms with van der Waals surface area (Å²) >= 11 is 1.42. The number of fused-ring (bicyclic) bond motifs is 1. The van der Waals surface area contributed by atoms with Gasteiger partial charge in [-0.1, -0.05) is 0 Å². The van der Waals surface area contributed by atoms with Gasteiger partial charge in [-0.05, 0) is 25.1 Å². The van der Waals surface area contributed by atoms with E-state index in [1.807, 2.05) is 6.07 Å². The molecule has 0 spiro atoms. The molecule has 0 fully saturated rings. The first-order valence-electron chi connectivity index (χ1n) is 5.62. The van der Waals surface area contributed by atoms with Crippen molar-refractivity contribution >= 4 is 35.0 Å². The lowest BCUT2D eigenvalue weighted by molar-refractivity contribution is -0.125. The minimum absolute atomic E-state index is 0.143. The Morgan fingerprint density at radius 1 is 1.56 bits per heavy atom. The number of hydrogen-bond acceptors (Lipinski definition) is 5. The molecule has 0 radical (unpaired) electrons. The maximum Gasteiger partial charge on any atom is 0.244 e. The van der Waals surface area contributed by atoms with Gasteiger partial charge in [-0.3, -0.25) is 9.59 Å². The molecule has 18 heavy (non-hydrogen) atoms. The molecular weight excluding hydrogens is 250 g/mol. The molecule has 0 aromatic heterocycles. The molecule has 96 valence electrons. The number of thioether (sulfide) groups is 1. The highest BCUT2D eigenvalue weighted by Gasteiger charge is 2.30. The SMILES string of the molecule is CC(N)CC(=O)N1C(=O)CSc2ccc(N)cc21. The number of carbonyl (C=O) groups is 2. The number of nitrogens with zero attached hydrogens (tertiary/aromatic N) is 1. The molecule has 1 aliphatic heterocycles. The average molecular weight is 265 g/mol. The van der Waals surface area contributed by atoms with Crippen molar-refractivity contribution in [2.75, 3.05) is 16.4 Å². The summed E-state index contributed by atoms with van der Waals surface area (Å²) in [5.41, 5.74) is 12.4. The van der Waals surface area contributed by atoms with E-state index in [4.69, 9.17) is 11.5 Å². The molecule has 1 unspecified atom stereocenters. The summed E-state index contributed by atoms with van der Waals surface area (Å²) in [5, 5.41) is 0. The van der Waals surface area contributed by atoms with Crippen molar-refractivity contribution in [2.45, 2.75) is 24.3 Å². The summed E-state index contributed by atoms with van der Waals surface area (Å²) in [6, 6.07) is 4.96. The van der Waals surface area contributed by atoms with Crippen LogP contribution in [0.1, 0.15) is 13.3 Å². The second kappa shape index (κ2) is 4.99. The zero-order valence-electron chi connectivity index (χ0n) is 10.1. The lowest BCUT2D eigenvalue weighted by Crippen LogP contribution is -2.42. The molecule has 0 bridgehead atoms. The van der Waals surface area contributed by atoms with Crippen LogP contribution in [0.15, 0.2) is 23.1 Å². The van der Waals surface area contributed by atoms with Crippen LogP contribution in [-0.2, 0) is 9.59 Å². The van der Waals surface area contributed by atoms with Gasteiger partial charge in [0, 0.05) is 23.0 Å². The maximum atomic E-state index is 12.1. The van der Waals surface area contributed by atoms with E-state index >= 15 is 0 Å². The molecule has 2 amide bonds. The Morgan fingerprint density at radius 2 is 2.28 bits per heavy atom. The van der Waals surface area contributed by atoms with E-state index in [2.05, 4.69) is 0 Å². The van der Waals surface area contributed by atoms with Gasteiger partial charge in [0.05, 0.1) is 11.4 Å². The highest BCUT2D eigenvalue weighted by Crippen LogP contribution is 2.36. The van der Waals surface area contributed by atoms with E-state index in [0.29, 0.717) is 11.4 Å². The molecule has 1 aliphatic rings. The number of amides is 2. The minimum Gasteiger partial charge on any atom is -0.399 e. The molecule has 1 atom stereocenters. The Morgan fingerprint density at radius 3 is 2.94 bits per heavy atom. The van der Waals surface area contributed by atoms with Gasteiger partial charge in [-0.15, -0.1) is 11.8 Å². The van der Waals surface area contributed by atoms with Crippen LogP contribution < -0.4 is 16.4 Å². The molecule has 1 heterocycles. The van der Waals surface area contributed by atoms with Crippen LogP contribution in [0, 0.1) is 0 Å². The summed E-state index contributed by atoms with van der Waals surface area (Å²) in [4.78, 5) is 26.1. The number of nitrogen functional groups attached to an aromatic ring is 1. The van der Waals surface area contributed by atoms with Crippen molar-refractivity contribution in [3.05, 3.63) is 18.2 Å². The fourth-order valence-electron chi connectivity index (χ4n) is 1.81. The standard InChI is InChI=1S/C12H15N3O2S/c1-7(13)4-11(16)15-9-5-8(14)2-3-10(9)18-6-12(15)17/h2-3,5,7H,4,6,13-14H2,1H3. The highest BCUT2D eigenvalue weighted by molar-refractivity contribution is 8.00. The average Bonchev–Trinajstić information content (AvgIpc) is 2.27. The predicted molar refractivity (Wildman–Crippen MR) is 72.3 cm³/mol. The number of benzene rings is 1. The van der Waals surface area contributed by atoms with Crippen LogP contribution in [-0.4, -0.2) is 23.6 Å². The smallest absolute Gasteiger partial charge is 0.244 e. The van der Waals surface area contributed by atoms with E-state index in [1.54, 1.807) is 19.1 Å². The van der Waals surface area contributed by atoms with Crippen molar-refractivity contribution in [3.63, 3.8) is 0 Å². The van der Waals surface area contributed by atoms with Crippen molar-refractivity contribution in [1.29, 1.82) is 0 Å². The fraction of sp³-hybridized carbons (Fsp3) is 0.333. The van der Waals surface area contributed by atoms with Gasteiger partial charge in [0.1, 0.15) is 0 Å². The van der Waals surface area contributed by atoms with Crippen molar-refractivity contribution in [3.8, 4) is 0 Å². The molecule has 0 aliphatic carbocycles. The highest BCUT2D eigenvalue weighted by atomic mass is 32.2. The number of imide groups is 1. The number of nitrogens with two attached hydrogens (primary N) is 2. The van der Waals surface area contributed by atoms with E-state index in [1.165, 1.54) is 16.7 Å². The van der Waals surface area contributed by atoms with Crippen LogP contribution in [0.2, 0.25) is 0 Å². The number of carbonyl (C=O) groups excluding carboxylic acids is 2. The van der Waals surface area contributed by atoms with Gasteiger partial charge in [0.2, 0.25) is 11.8 Å². The normalized spacial score (nSPS) is 16.3. The summed E-state index contributed by atoms with van der Waals surface area (Å²) in [7, 11) is 0. The van der Waals surface area contributed by atoms with Crippen molar-refractivity contribution < 1.29 is 9.59 Å². The predicted octanol–water partition coefficient (Wildman–Crippen LogP) is 0.971. The molecular formula is C12H15N3O2S. The van der Waals surface area contributed by atoms with Crippen LogP contribution in [0.25, 0.3) is 0 Å². The Labute approximate surface area is 110 Å². The van der Waals surface area contributed by atoms with Gasteiger partial charge < -0.3 is 11.5 Å². The van der Waals surface area contributed by atoms with Gasteiger partial charge >= 0.3 is 0 Å². The number of hydrogen-bond donors (Lipinski definition) is 2. The Balaban J connectivity index is 2.38. The van der Waals surface area contributed by atoms with E-state index in [-0.39, 0.29) is 30.0 Å². The third-order valence-corrected chi connectivity index (χ3v) is 3.62. The molecule has 1 aromatic rings. The van der Waals surface area contributed by atoms with Crippen molar-refractivity contribution in [1.82, 2.24) is 0 Å². The third kappa shape index (κ3) is 2.49. The maximum absolute atomic E-state index is 12.1. The van der Waals surface area contributed by atoms with Crippen LogP contribution in [0.4, 0.5) is 11.4 Å². The van der Waals surface area contributed by atoms with Crippen molar-refractivity contribution in [2.24, 2.45) is 5.73 Å². The van der Waals surface area contributed by atoms with Crippen LogP contribution in [0.3, 0.4) is 0 Å². The number of rotatable bonds is 2. The lowest BCUT2D eigenvalue weighted by atomic mass is 10.2. The van der Waals surface area contributed by atoms with Crippen LogP contribution in [0.5, 0.6) is 0 Å². The lowest BCUT2D eigenvalue weighted by Gasteiger charge is -2.28. The van der Waals surface area contributed by atoms with E-state index < -0.39 is 0 Å². The zero-order valence-corrected chi connectivity index (χ0v) is 10.9. The quantitative estimate of drug-likeness (QED) is 0.778. The van der Waals surface area contributed by atoms with Gasteiger partial charge in [-0.25, -0.2) is 4.90 Å². The first kappa shape index (κ1) is 12.9. The molecule has 1 aromatic carbocycles. The first-order chi connectivity index (χ1) is 8.49. The molecule has 0 saturated carbocycles. The fourth-order valence-corrected chi connectivity index (χ4v) is 2.68. The van der Waals surface area contributed by atoms with Gasteiger partial charge in [0.15, 0.2) is 0 Å². The van der Waals surface area contributed by atoms with E-state index in [0.717, 1.165) is 4.90 Å². The van der Waals surface area contributed by atoms with Gasteiger partial charge in [-0.2, -0.15) is 0 Å². The third-order valence-electron chi connectivity index (χ3n) is 2.57. The first-order valence-corrected chi connectivity index (χ1v) is 6.61. The topological polar surface area (TPSA) is 89.4 Å². The number of anilines is 2. The second-order valence-corrected chi connectivity index (χ2v) is 5.34. The second-order valence-electron chi connectivity index (χ2n) is 4.32. The zero-order chi connectivity index (χ0) is 13.3. The summed E-state index contributed by atoms with van der Waals surface area (Å²) in [5.74, 6) is -0.229. The van der Waals surface area contributed by atoms with E-state index in [9.17, 15) is 9.59 Å². The Hall–Kier alpha value is -1.53. The summed E-state index contributed by atoms with van der Waals surface area (Å²) in [6.07, 6.45) is 0.143.